The number of piperidine rings is 1. The van der Waals surface area contributed by atoms with Crippen LogP contribution in [-0.2, 0) is 14.3 Å². The zero-order valence-corrected chi connectivity index (χ0v) is 12.2. The predicted molar refractivity (Wildman–Crippen MR) is 74.7 cm³/mol. The number of hydrogen-bond acceptors (Lipinski definition) is 5. The molecular weight excluding hydrogens is 272 g/mol. The molecule has 1 N–H and O–H groups in total. The van der Waals surface area contributed by atoms with Crippen LogP contribution in [0.4, 0.5) is 0 Å². The van der Waals surface area contributed by atoms with Gasteiger partial charge in [0.05, 0.1) is 12.7 Å². The van der Waals surface area contributed by atoms with Crippen molar-refractivity contribution >= 4 is 5.91 Å². The number of likely N-dealkylation sites (tertiary alicyclic amines) is 1. The number of aromatic nitrogens is 3. The average Bonchev–Trinajstić information content (AvgIpc) is 3.21. The van der Waals surface area contributed by atoms with E-state index in [2.05, 4.69) is 15.2 Å². The first-order chi connectivity index (χ1) is 10.3. The van der Waals surface area contributed by atoms with E-state index >= 15 is 0 Å². The number of amides is 1. The third-order valence-corrected chi connectivity index (χ3v) is 4.22. The van der Waals surface area contributed by atoms with Crippen LogP contribution in [0.2, 0.25) is 0 Å². The highest BCUT2D eigenvalue weighted by Crippen LogP contribution is 2.24. The van der Waals surface area contributed by atoms with Crippen LogP contribution in [0.5, 0.6) is 0 Å². The summed E-state index contributed by atoms with van der Waals surface area (Å²) in [6, 6.07) is 0. The van der Waals surface area contributed by atoms with Crippen LogP contribution in [0.25, 0.3) is 0 Å². The van der Waals surface area contributed by atoms with Gasteiger partial charge in [0, 0.05) is 25.6 Å². The standard InChI is InChI=1S/C14H22N4O3/c19-13(9-20-8-12-2-1-7-21-12)18-5-3-11(4-6-18)14-15-10-16-17-14/h10-12H,1-9H2,(H,15,16,17)/t12-/m1/s1. The predicted octanol–water partition coefficient (Wildman–Crippen LogP) is 0.706. The fraction of sp³-hybridized carbons (Fsp3) is 0.786. The Morgan fingerprint density at radius 1 is 1.43 bits per heavy atom. The molecular formula is C14H22N4O3. The molecule has 2 aliphatic rings. The summed E-state index contributed by atoms with van der Waals surface area (Å²) >= 11 is 0. The quantitative estimate of drug-likeness (QED) is 0.865. The van der Waals surface area contributed by atoms with Gasteiger partial charge in [-0.05, 0) is 25.7 Å². The lowest BCUT2D eigenvalue weighted by Crippen LogP contribution is -2.40. The molecule has 2 saturated heterocycles. The molecule has 0 unspecified atom stereocenters. The molecule has 7 heteroatoms. The minimum absolute atomic E-state index is 0.0732. The number of ether oxygens (including phenoxy) is 2. The van der Waals surface area contributed by atoms with Gasteiger partial charge < -0.3 is 14.4 Å². The van der Waals surface area contributed by atoms with Gasteiger partial charge in [-0.1, -0.05) is 0 Å². The van der Waals surface area contributed by atoms with Crippen LogP contribution in [0.1, 0.15) is 37.4 Å². The Kier molecular flexibility index (Phi) is 4.82. The zero-order valence-electron chi connectivity index (χ0n) is 12.2. The first-order valence-electron chi connectivity index (χ1n) is 7.65. The Bertz CT molecular complexity index is 437. The number of nitrogens with zero attached hydrogens (tertiary/aromatic N) is 3. The second-order valence-electron chi connectivity index (χ2n) is 5.68. The monoisotopic (exact) mass is 294 g/mol. The second kappa shape index (κ2) is 7.00. The summed E-state index contributed by atoms with van der Waals surface area (Å²) in [5, 5.41) is 6.79. The number of nitrogens with one attached hydrogen (secondary N) is 1. The van der Waals surface area contributed by atoms with Crippen LogP contribution < -0.4 is 0 Å². The van der Waals surface area contributed by atoms with Crippen molar-refractivity contribution in [2.24, 2.45) is 0 Å². The lowest BCUT2D eigenvalue weighted by Gasteiger charge is -2.31. The normalized spacial score (nSPS) is 23.6. The van der Waals surface area contributed by atoms with Gasteiger partial charge >= 0.3 is 0 Å². The van der Waals surface area contributed by atoms with E-state index in [0.29, 0.717) is 12.5 Å². The van der Waals surface area contributed by atoms with Crippen LogP contribution in [-0.4, -0.2) is 65.0 Å². The summed E-state index contributed by atoms with van der Waals surface area (Å²) in [6.45, 7) is 3.02. The van der Waals surface area contributed by atoms with Gasteiger partial charge in [0.25, 0.3) is 0 Å². The van der Waals surface area contributed by atoms with Gasteiger partial charge in [0.15, 0.2) is 0 Å². The molecule has 1 atom stereocenters. The van der Waals surface area contributed by atoms with Gasteiger partial charge in [0.1, 0.15) is 18.8 Å². The smallest absolute Gasteiger partial charge is 0.248 e. The summed E-state index contributed by atoms with van der Waals surface area (Å²) in [5.41, 5.74) is 0. The van der Waals surface area contributed by atoms with E-state index in [-0.39, 0.29) is 18.6 Å². The van der Waals surface area contributed by atoms with Crippen molar-refractivity contribution in [1.82, 2.24) is 20.1 Å². The van der Waals surface area contributed by atoms with E-state index in [0.717, 1.165) is 51.2 Å². The first kappa shape index (κ1) is 14.5. The summed E-state index contributed by atoms with van der Waals surface area (Å²) in [6.07, 6.45) is 5.69. The van der Waals surface area contributed by atoms with Crippen molar-refractivity contribution in [1.29, 1.82) is 0 Å². The molecule has 0 aromatic carbocycles. The maximum Gasteiger partial charge on any atom is 0.248 e. The van der Waals surface area contributed by atoms with Gasteiger partial charge in [-0.15, -0.1) is 0 Å². The Morgan fingerprint density at radius 2 is 2.29 bits per heavy atom. The molecule has 0 spiro atoms. The molecule has 2 aliphatic heterocycles. The Hall–Kier alpha value is -1.47. The summed E-state index contributed by atoms with van der Waals surface area (Å²) in [5.74, 6) is 1.38. The lowest BCUT2D eigenvalue weighted by atomic mass is 9.96. The maximum atomic E-state index is 12.1. The van der Waals surface area contributed by atoms with Crippen LogP contribution in [0.15, 0.2) is 6.33 Å². The highest BCUT2D eigenvalue weighted by Gasteiger charge is 2.25. The van der Waals surface area contributed by atoms with Crippen LogP contribution in [0.3, 0.4) is 0 Å². The Balaban J connectivity index is 1.36. The molecule has 3 rings (SSSR count). The van der Waals surface area contributed by atoms with E-state index < -0.39 is 0 Å². The molecule has 21 heavy (non-hydrogen) atoms. The molecule has 2 fully saturated rings. The minimum Gasteiger partial charge on any atom is -0.376 e. The maximum absolute atomic E-state index is 12.1. The summed E-state index contributed by atoms with van der Waals surface area (Å²) < 4.78 is 11.0. The van der Waals surface area contributed by atoms with Crippen molar-refractivity contribution in [3.8, 4) is 0 Å². The van der Waals surface area contributed by atoms with Crippen LogP contribution in [0, 0.1) is 0 Å². The van der Waals surface area contributed by atoms with Gasteiger partial charge in [-0.25, -0.2) is 4.98 Å². The molecule has 1 amide bonds. The number of hydrogen-bond donors (Lipinski definition) is 1. The number of aromatic amines is 1. The molecule has 0 saturated carbocycles. The van der Waals surface area contributed by atoms with Gasteiger partial charge in [-0.2, -0.15) is 5.10 Å². The minimum atomic E-state index is 0.0732. The summed E-state index contributed by atoms with van der Waals surface area (Å²) in [7, 11) is 0. The van der Waals surface area contributed by atoms with Crippen molar-refractivity contribution in [2.75, 3.05) is 32.9 Å². The van der Waals surface area contributed by atoms with E-state index in [4.69, 9.17) is 9.47 Å². The van der Waals surface area contributed by atoms with Crippen molar-refractivity contribution in [3.05, 3.63) is 12.2 Å². The van der Waals surface area contributed by atoms with Gasteiger partial charge in [0.2, 0.25) is 5.91 Å². The van der Waals surface area contributed by atoms with E-state index in [1.807, 2.05) is 4.90 Å². The number of carbonyl (C=O) groups is 1. The molecule has 0 bridgehead atoms. The lowest BCUT2D eigenvalue weighted by molar-refractivity contribution is -0.138. The largest absolute Gasteiger partial charge is 0.376 e. The molecule has 7 nitrogen and oxygen atoms in total. The van der Waals surface area contributed by atoms with Crippen molar-refractivity contribution in [2.45, 2.75) is 37.7 Å². The van der Waals surface area contributed by atoms with E-state index in [1.165, 1.54) is 6.33 Å². The molecule has 3 heterocycles. The third-order valence-electron chi connectivity index (χ3n) is 4.22. The van der Waals surface area contributed by atoms with Crippen molar-refractivity contribution in [3.63, 3.8) is 0 Å². The number of rotatable bonds is 5. The number of carbonyl (C=O) groups excluding carboxylic acids is 1. The molecule has 116 valence electrons. The average molecular weight is 294 g/mol. The Morgan fingerprint density at radius 3 is 2.95 bits per heavy atom. The van der Waals surface area contributed by atoms with Gasteiger partial charge in [-0.3, -0.25) is 9.89 Å². The van der Waals surface area contributed by atoms with Crippen molar-refractivity contribution < 1.29 is 14.3 Å². The second-order valence-corrected chi connectivity index (χ2v) is 5.68. The van der Waals surface area contributed by atoms with E-state index in [9.17, 15) is 4.79 Å². The highest BCUT2D eigenvalue weighted by molar-refractivity contribution is 5.77. The Labute approximate surface area is 124 Å². The number of H-pyrrole nitrogens is 1. The molecule has 0 radical (unpaired) electrons. The van der Waals surface area contributed by atoms with E-state index in [1.54, 1.807) is 0 Å². The first-order valence-corrected chi connectivity index (χ1v) is 7.65. The third kappa shape index (κ3) is 3.79. The molecule has 0 aliphatic carbocycles. The zero-order chi connectivity index (χ0) is 14.5. The SMILES string of the molecule is O=C(COC[C@H]1CCCO1)N1CCC(c2ncn[nH]2)CC1. The molecule has 1 aromatic heterocycles. The highest BCUT2D eigenvalue weighted by atomic mass is 16.5. The molecule has 1 aromatic rings. The fourth-order valence-corrected chi connectivity index (χ4v) is 2.96. The van der Waals surface area contributed by atoms with Crippen LogP contribution >= 0.6 is 0 Å². The topological polar surface area (TPSA) is 80.3 Å². The fourth-order valence-electron chi connectivity index (χ4n) is 2.96. The summed E-state index contributed by atoms with van der Waals surface area (Å²) in [4.78, 5) is 18.2.